The summed E-state index contributed by atoms with van der Waals surface area (Å²) in [6.45, 7) is 4.10. The van der Waals surface area contributed by atoms with Gasteiger partial charge in [-0.05, 0) is 44.9 Å². The molecule has 0 spiro atoms. The molecule has 0 aliphatic heterocycles. The molecule has 2 aromatic carbocycles. The minimum absolute atomic E-state index is 0.113. The summed E-state index contributed by atoms with van der Waals surface area (Å²) in [5, 5.41) is 0. The maximum absolute atomic E-state index is 13.6. The minimum Gasteiger partial charge on any atom is -0.489 e. The predicted molar refractivity (Wildman–Crippen MR) is 133 cm³/mol. The molecule has 6 heteroatoms. The van der Waals surface area contributed by atoms with Gasteiger partial charge in [-0.3, -0.25) is 19.2 Å². The Morgan fingerprint density at radius 1 is 0.611 bits per heavy atom. The SMILES string of the molecule is CCOC1=C(C2CCCC(C3=C(OCC)C(=O)c4ccccc4C3=O)C2)C(=O)c2ccccc2C1=O. The molecule has 1 fully saturated rings. The molecule has 0 radical (unpaired) electrons. The van der Waals surface area contributed by atoms with Crippen LogP contribution >= 0.6 is 0 Å². The Morgan fingerprint density at radius 2 is 0.972 bits per heavy atom. The molecule has 2 unspecified atom stereocenters. The van der Waals surface area contributed by atoms with Crippen molar-refractivity contribution in [3.05, 3.63) is 93.4 Å². The first-order valence-electron chi connectivity index (χ1n) is 12.6. The molecular weight excluding hydrogens is 456 g/mol. The smallest absolute Gasteiger partial charge is 0.228 e. The zero-order valence-corrected chi connectivity index (χ0v) is 20.5. The summed E-state index contributed by atoms with van der Waals surface area (Å²) < 4.78 is 11.5. The van der Waals surface area contributed by atoms with Crippen molar-refractivity contribution in [2.75, 3.05) is 13.2 Å². The van der Waals surface area contributed by atoms with Crippen LogP contribution in [0.4, 0.5) is 0 Å². The van der Waals surface area contributed by atoms with Crippen molar-refractivity contribution in [2.45, 2.75) is 39.5 Å². The zero-order valence-electron chi connectivity index (χ0n) is 20.5. The number of benzene rings is 2. The number of carbonyl (C=O) groups is 4. The number of fused-ring (bicyclic) bond motifs is 2. The van der Waals surface area contributed by atoms with Crippen molar-refractivity contribution in [2.24, 2.45) is 11.8 Å². The molecule has 2 atom stereocenters. The summed E-state index contributed by atoms with van der Waals surface area (Å²) in [7, 11) is 0. The number of carbonyl (C=O) groups excluding carboxylic acids is 4. The average Bonchev–Trinajstić information content (AvgIpc) is 2.90. The van der Waals surface area contributed by atoms with Crippen LogP contribution in [0.1, 0.15) is 81.0 Å². The molecule has 2 aromatic rings. The third kappa shape index (κ3) is 3.81. The normalized spacial score (nSPS) is 21.9. The molecule has 0 saturated heterocycles. The number of rotatable bonds is 6. The van der Waals surface area contributed by atoms with Gasteiger partial charge >= 0.3 is 0 Å². The lowest BCUT2D eigenvalue weighted by Gasteiger charge is -2.35. The molecular formula is C30H28O6. The lowest BCUT2D eigenvalue weighted by Crippen LogP contribution is -2.33. The van der Waals surface area contributed by atoms with E-state index in [0.29, 0.717) is 52.7 Å². The summed E-state index contributed by atoms with van der Waals surface area (Å²) in [5.41, 5.74) is 2.25. The van der Waals surface area contributed by atoms with Gasteiger partial charge in [0.05, 0.1) is 13.2 Å². The first-order valence-corrected chi connectivity index (χ1v) is 12.6. The van der Waals surface area contributed by atoms with Crippen molar-refractivity contribution in [3.8, 4) is 0 Å². The summed E-state index contributed by atoms with van der Waals surface area (Å²) >= 11 is 0. The lowest BCUT2D eigenvalue weighted by molar-refractivity contribution is 0.0847. The van der Waals surface area contributed by atoms with E-state index in [0.717, 1.165) is 6.42 Å². The van der Waals surface area contributed by atoms with Gasteiger partial charge in [-0.15, -0.1) is 0 Å². The second-order valence-electron chi connectivity index (χ2n) is 9.32. The van der Waals surface area contributed by atoms with Gasteiger partial charge in [-0.2, -0.15) is 0 Å². The van der Waals surface area contributed by atoms with E-state index in [9.17, 15) is 19.2 Å². The van der Waals surface area contributed by atoms with E-state index in [-0.39, 0.29) is 59.7 Å². The number of ketones is 4. The average molecular weight is 485 g/mol. The van der Waals surface area contributed by atoms with Crippen molar-refractivity contribution in [1.82, 2.24) is 0 Å². The number of allylic oxidation sites excluding steroid dienone is 4. The fraction of sp³-hybridized carbons (Fsp3) is 0.333. The van der Waals surface area contributed by atoms with Gasteiger partial charge in [0.2, 0.25) is 11.6 Å². The predicted octanol–water partition coefficient (Wildman–Crippen LogP) is 5.53. The van der Waals surface area contributed by atoms with Crippen molar-refractivity contribution < 1.29 is 28.7 Å². The van der Waals surface area contributed by atoms with Crippen molar-refractivity contribution in [1.29, 1.82) is 0 Å². The van der Waals surface area contributed by atoms with E-state index in [1.807, 2.05) is 0 Å². The van der Waals surface area contributed by atoms with Gasteiger partial charge in [-0.1, -0.05) is 55.0 Å². The van der Waals surface area contributed by atoms with E-state index in [1.165, 1.54) is 0 Å². The Morgan fingerprint density at radius 3 is 1.33 bits per heavy atom. The van der Waals surface area contributed by atoms with Gasteiger partial charge in [0, 0.05) is 33.4 Å². The van der Waals surface area contributed by atoms with E-state index >= 15 is 0 Å². The fourth-order valence-electron chi connectivity index (χ4n) is 5.77. The highest BCUT2D eigenvalue weighted by molar-refractivity contribution is 6.27. The fourth-order valence-corrected chi connectivity index (χ4v) is 5.77. The number of Topliss-reactive ketones (excluding diaryl/α,β-unsaturated/α-hetero) is 4. The molecule has 0 aromatic heterocycles. The molecule has 3 aliphatic carbocycles. The first kappa shape index (κ1) is 23.9. The van der Waals surface area contributed by atoms with Crippen LogP contribution in [-0.2, 0) is 9.47 Å². The van der Waals surface area contributed by atoms with Gasteiger partial charge in [0.15, 0.2) is 23.1 Å². The highest BCUT2D eigenvalue weighted by Gasteiger charge is 2.43. The van der Waals surface area contributed by atoms with Crippen molar-refractivity contribution in [3.63, 3.8) is 0 Å². The first-order chi connectivity index (χ1) is 17.5. The van der Waals surface area contributed by atoms with Gasteiger partial charge in [0.1, 0.15) is 0 Å². The number of hydrogen-bond donors (Lipinski definition) is 0. The Hall–Kier alpha value is -3.80. The number of hydrogen-bond acceptors (Lipinski definition) is 6. The molecule has 0 heterocycles. The zero-order chi connectivity index (χ0) is 25.4. The van der Waals surface area contributed by atoms with Crippen LogP contribution in [0.2, 0.25) is 0 Å². The Bertz CT molecular complexity index is 1240. The molecule has 5 rings (SSSR count). The Labute approximate surface area is 210 Å². The van der Waals surface area contributed by atoms with E-state index in [4.69, 9.17) is 9.47 Å². The molecule has 3 aliphatic rings. The van der Waals surface area contributed by atoms with Crippen LogP contribution in [-0.4, -0.2) is 36.3 Å². The largest absolute Gasteiger partial charge is 0.489 e. The molecule has 0 bridgehead atoms. The molecule has 0 amide bonds. The molecule has 36 heavy (non-hydrogen) atoms. The highest BCUT2D eigenvalue weighted by Crippen LogP contribution is 2.44. The third-order valence-electron chi connectivity index (χ3n) is 7.29. The topological polar surface area (TPSA) is 86.7 Å². The summed E-state index contributed by atoms with van der Waals surface area (Å²) in [6, 6.07) is 13.6. The highest BCUT2D eigenvalue weighted by atomic mass is 16.5. The van der Waals surface area contributed by atoms with Gasteiger partial charge in [-0.25, -0.2) is 0 Å². The van der Waals surface area contributed by atoms with Crippen LogP contribution in [0.25, 0.3) is 0 Å². The standard InChI is InChI=1S/C30H28O6/c1-3-35-29-23(25(31)19-12-5-7-14-21(19)27(29)33)17-10-9-11-18(16-17)24-26(32)20-13-6-8-15-22(20)28(34)30(24)36-4-2/h5-8,12-15,17-18H,3-4,9-11,16H2,1-2H3. The Kier molecular flexibility index (Phi) is 6.44. The summed E-state index contributed by atoms with van der Waals surface area (Å²) in [6.07, 6.45) is 2.59. The van der Waals surface area contributed by atoms with Crippen molar-refractivity contribution >= 4 is 23.1 Å². The van der Waals surface area contributed by atoms with Crippen LogP contribution in [0.5, 0.6) is 0 Å². The third-order valence-corrected chi connectivity index (χ3v) is 7.29. The summed E-state index contributed by atoms with van der Waals surface area (Å²) in [4.78, 5) is 53.8. The number of ether oxygens (including phenoxy) is 2. The second-order valence-corrected chi connectivity index (χ2v) is 9.32. The molecule has 1 saturated carbocycles. The quantitative estimate of drug-likeness (QED) is 0.536. The maximum Gasteiger partial charge on any atom is 0.228 e. The summed E-state index contributed by atoms with van der Waals surface area (Å²) in [5.74, 6) is -1.28. The molecule has 0 N–H and O–H groups in total. The van der Waals surface area contributed by atoms with Crippen LogP contribution in [0.15, 0.2) is 71.2 Å². The van der Waals surface area contributed by atoms with E-state index < -0.39 is 0 Å². The lowest BCUT2D eigenvalue weighted by atomic mass is 9.69. The van der Waals surface area contributed by atoms with Gasteiger partial charge < -0.3 is 9.47 Å². The Balaban J connectivity index is 1.56. The van der Waals surface area contributed by atoms with Gasteiger partial charge in [0.25, 0.3) is 0 Å². The monoisotopic (exact) mass is 484 g/mol. The van der Waals surface area contributed by atoms with Crippen LogP contribution in [0, 0.1) is 11.8 Å². The maximum atomic E-state index is 13.6. The van der Waals surface area contributed by atoms with E-state index in [1.54, 1.807) is 62.4 Å². The van der Waals surface area contributed by atoms with Crippen LogP contribution < -0.4 is 0 Å². The van der Waals surface area contributed by atoms with Crippen LogP contribution in [0.3, 0.4) is 0 Å². The molecule has 184 valence electrons. The second kappa shape index (κ2) is 9.69. The molecule has 6 nitrogen and oxygen atoms in total. The minimum atomic E-state index is -0.281. The van der Waals surface area contributed by atoms with E-state index in [2.05, 4.69) is 0 Å².